The van der Waals surface area contributed by atoms with E-state index in [9.17, 15) is 57.9 Å². The van der Waals surface area contributed by atoms with Gasteiger partial charge in [-0.25, -0.2) is 28.6 Å². The molecule has 2 aromatic rings. The van der Waals surface area contributed by atoms with Crippen LogP contribution in [0.15, 0.2) is 73.4 Å². The van der Waals surface area contributed by atoms with Crippen molar-refractivity contribution in [3.8, 4) is 0 Å². The van der Waals surface area contributed by atoms with Gasteiger partial charge in [0, 0.05) is 37.1 Å². The fourth-order valence-corrected chi connectivity index (χ4v) is 9.99. The minimum absolute atomic E-state index is 0.0305. The van der Waals surface area contributed by atoms with E-state index in [1.54, 1.807) is 0 Å². The summed E-state index contributed by atoms with van der Waals surface area (Å²) in [6.45, 7) is 2.65. The van der Waals surface area contributed by atoms with Crippen LogP contribution in [-0.2, 0) is 50.7 Å². The quantitative estimate of drug-likeness (QED) is 0.0242. The Kier molecular flexibility index (Phi) is 27.0. The van der Waals surface area contributed by atoms with E-state index in [2.05, 4.69) is 102 Å². The second kappa shape index (κ2) is 31.1. The molecule has 398 valence electrons. The average Bonchev–Trinajstić information content (AvgIpc) is 3.86. The van der Waals surface area contributed by atoms with Gasteiger partial charge in [0.1, 0.15) is 36.3 Å². The molecule has 4 unspecified atom stereocenters. The number of rotatable bonds is 34. The molecule has 2 amide bonds. The Morgan fingerprint density at radius 1 is 0.859 bits per heavy atom. The first-order chi connectivity index (χ1) is 33.6. The molecule has 28 heteroatoms. The number of aliphatic hydroxyl groups is 2. The van der Waals surface area contributed by atoms with Crippen LogP contribution in [0.3, 0.4) is 0 Å². The number of nitrogens with two attached hydrogens (primary N) is 1. The summed E-state index contributed by atoms with van der Waals surface area (Å²) < 4.78 is 62.5. The average molecular weight is 1080 g/mol. The van der Waals surface area contributed by atoms with Crippen molar-refractivity contribution in [1.29, 1.82) is 0 Å². The van der Waals surface area contributed by atoms with Crippen molar-refractivity contribution in [2.75, 3.05) is 37.8 Å². The van der Waals surface area contributed by atoms with Gasteiger partial charge in [0.25, 0.3) is 0 Å². The lowest BCUT2D eigenvalue weighted by Crippen LogP contribution is -2.46. The predicted octanol–water partition coefficient (Wildman–Crippen LogP) is 5.37. The van der Waals surface area contributed by atoms with Gasteiger partial charge in [0.15, 0.2) is 22.8 Å². The molecule has 24 nitrogen and oxygen atoms in total. The van der Waals surface area contributed by atoms with Gasteiger partial charge in [-0.3, -0.25) is 32.5 Å². The topological polar surface area (TPSA) is 364 Å². The summed E-state index contributed by atoms with van der Waals surface area (Å²) in [7, 11) is -16.4. The zero-order valence-electron chi connectivity index (χ0n) is 39.9. The number of anilines is 1. The SMILES string of the molecule is CC/C=C\C/C=C\C/C=C\C/C=C\C/C=C\CCCCCC(=O)SCCNC(=O)CCNC(=O)[C@H](O)C(C)(C)COP(=O)(O)OP(=O)(O)OC[C@H]1O[C@@H](n2cnc3c(N)ncnc32)C(O)C1OP(=O)(O)O. The van der Waals surface area contributed by atoms with Crippen LogP contribution in [-0.4, -0.2) is 123 Å². The first-order valence-corrected chi connectivity index (χ1v) is 28.4. The number of thioether (sulfide) groups is 1. The largest absolute Gasteiger partial charge is 0.481 e. The number of aromatic nitrogens is 4. The van der Waals surface area contributed by atoms with E-state index in [4.69, 9.17) is 19.5 Å². The van der Waals surface area contributed by atoms with Crippen LogP contribution < -0.4 is 16.4 Å². The smallest absolute Gasteiger partial charge is 0.386 e. The highest BCUT2D eigenvalue weighted by molar-refractivity contribution is 8.13. The molecule has 1 aliphatic heterocycles. The van der Waals surface area contributed by atoms with E-state index in [-0.39, 0.29) is 41.6 Å². The van der Waals surface area contributed by atoms with Crippen molar-refractivity contribution in [2.24, 2.45) is 5.41 Å². The lowest BCUT2D eigenvalue weighted by atomic mass is 9.87. The van der Waals surface area contributed by atoms with Crippen LogP contribution in [0.1, 0.15) is 97.6 Å². The molecule has 1 saturated heterocycles. The van der Waals surface area contributed by atoms with Gasteiger partial charge >= 0.3 is 23.5 Å². The fraction of sp³-hybridized carbons (Fsp3) is 0.581. The minimum atomic E-state index is -5.58. The number of phosphoric ester groups is 3. The number of hydrogen-bond acceptors (Lipinski definition) is 18. The van der Waals surface area contributed by atoms with Crippen molar-refractivity contribution in [1.82, 2.24) is 30.2 Å². The molecule has 0 saturated carbocycles. The number of nitrogen functional groups attached to an aromatic ring is 1. The summed E-state index contributed by atoms with van der Waals surface area (Å²) in [5.41, 5.74) is 4.28. The number of aliphatic hydroxyl groups excluding tert-OH is 2. The monoisotopic (exact) mass is 1080 g/mol. The number of hydrogen-bond donors (Lipinski definition) is 9. The molecular formula is C43H68N7O17P3S. The summed E-state index contributed by atoms with van der Waals surface area (Å²) in [6.07, 6.45) is 23.6. The van der Waals surface area contributed by atoms with Crippen LogP contribution in [0.4, 0.5) is 5.82 Å². The van der Waals surface area contributed by atoms with Crippen LogP contribution in [0.5, 0.6) is 0 Å². The van der Waals surface area contributed by atoms with E-state index in [1.165, 1.54) is 13.8 Å². The van der Waals surface area contributed by atoms with Crippen LogP contribution in [0, 0.1) is 5.41 Å². The molecule has 10 N–H and O–H groups in total. The van der Waals surface area contributed by atoms with Crippen molar-refractivity contribution in [3.63, 3.8) is 0 Å². The number of carbonyl (C=O) groups is 3. The molecule has 0 radical (unpaired) electrons. The normalized spacial score (nSPS) is 20.2. The number of nitrogens with zero attached hydrogens (tertiary/aromatic N) is 4. The van der Waals surface area contributed by atoms with Gasteiger partial charge in [0.05, 0.1) is 19.5 Å². The molecule has 1 fully saturated rings. The number of imidazole rings is 1. The molecule has 2 aromatic heterocycles. The van der Waals surface area contributed by atoms with Crippen LogP contribution >= 0.6 is 35.2 Å². The Bertz CT molecular complexity index is 2310. The number of amides is 2. The number of nitrogens with one attached hydrogen (secondary N) is 2. The molecule has 0 spiro atoms. The number of carbonyl (C=O) groups excluding carboxylic acids is 3. The molecule has 0 aliphatic carbocycles. The number of unbranched alkanes of at least 4 members (excludes halogenated alkanes) is 3. The second-order valence-electron chi connectivity index (χ2n) is 16.6. The van der Waals surface area contributed by atoms with Gasteiger partial charge in [-0.1, -0.05) is 99.7 Å². The maximum atomic E-state index is 12.8. The highest BCUT2D eigenvalue weighted by Gasteiger charge is 2.50. The molecule has 71 heavy (non-hydrogen) atoms. The second-order valence-corrected chi connectivity index (χ2v) is 22.0. The summed E-state index contributed by atoms with van der Waals surface area (Å²) in [4.78, 5) is 88.4. The third-order valence-corrected chi connectivity index (χ3v) is 14.2. The summed E-state index contributed by atoms with van der Waals surface area (Å²) in [5.74, 6) is -1.07. The minimum Gasteiger partial charge on any atom is -0.386 e. The van der Waals surface area contributed by atoms with E-state index >= 15 is 0 Å². The Hall–Kier alpha value is -3.74. The van der Waals surface area contributed by atoms with Gasteiger partial charge in [-0.2, -0.15) is 4.31 Å². The van der Waals surface area contributed by atoms with E-state index < -0.39 is 84.6 Å². The number of phosphoric acid groups is 3. The molecule has 3 heterocycles. The lowest BCUT2D eigenvalue weighted by Gasteiger charge is -2.30. The highest BCUT2D eigenvalue weighted by Crippen LogP contribution is 2.61. The van der Waals surface area contributed by atoms with Gasteiger partial charge < -0.3 is 50.9 Å². The third kappa shape index (κ3) is 23.8. The summed E-state index contributed by atoms with van der Waals surface area (Å²) >= 11 is 1.13. The fourth-order valence-electron chi connectivity index (χ4n) is 6.44. The van der Waals surface area contributed by atoms with E-state index in [1.807, 2.05) is 0 Å². The Morgan fingerprint density at radius 2 is 1.48 bits per heavy atom. The molecular weight excluding hydrogens is 1010 g/mol. The van der Waals surface area contributed by atoms with Crippen molar-refractivity contribution in [3.05, 3.63) is 73.4 Å². The maximum Gasteiger partial charge on any atom is 0.481 e. The Morgan fingerprint density at radius 3 is 2.11 bits per heavy atom. The zero-order chi connectivity index (χ0) is 52.5. The number of allylic oxidation sites excluding steroid dienone is 10. The molecule has 0 aromatic carbocycles. The van der Waals surface area contributed by atoms with Crippen molar-refractivity contribution < 1.29 is 80.5 Å². The predicted molar refractivity (Wildman–Crippen MR) is 265 cm³/mol. The first kappa shape index (κ1) is 61.6. The van der Waals surface area contributed by atoms with Crippen molar-refractivity contribution in [2.45, 2.75) is 122 Å². The maximum absolute atomic E-state index is 12.8. The summed E-state index contributed by atoms with van der Waals surface area (Å²) in [5, 5.41) is 26.6. The molecule has 7 atom stereocenters. The van der Waals surface area contributed by atoms with Crippen LogP contribution in [0.25, 0.3) is 11.2 Å². The third-order valence-electron chi connectivity index (χ3n) is 10.2. The van der Waals surface area contributed by atoms with Gasteiger partial charge in [0.2, 0.25) is 11.8 Å². The summed E-state index contributed by atoms with van der Waals surface area (Å²) in [6, 6.07) is 0. The van der Waals surface area contributed by atoms with Gasteiger partial charge in [-0.05, 0) is 51.4 Å². The Labute approximate surface area is 417 Å². The van der Waals surface area contributed by atoms with Gasteiger partial charge in [-0.15, -0.1) is 0 Å². The Balaban J connectivity index is 1.28. The lowest BCUT2D eigenvalue weighted by molar-refractivity contribution is -0.137. The number of fused-ring (bicyclic) bond motifs is 1. The molecule has 0 bridgehead atoms. The standard InChI is InChI=1S/C43H68N7O17P3S/c1-4-5-6-7-8-9-10-11-12-13-14-15-16-17-18-19-20-21-22-23-34(52)71-27-26-45-33(51)24-25-46-41(55)38(54)43(2,3)29-64-70(61,62)67-69(59,60)63-28-32-37(66-68(56,57)58)36(53)42(65-32)50-31-49-35-39(44)47-30-48-40(35)50/h5-6,8-9,11-12,14-15,17-18,30-32,36-38,42,53-54H,4,7,10,13,16,19-29H2,1-3H3,(H,45,51)(H,46,55)(H,59,60)(H,61,62)(H2,44,47,48)(H2,56,57,58)/b6-5-,9-8-,12-11-,15-14-,18-17-/t32-,36?,37?,38+,42-/m1/s1. The van der Waals surface area contributed by atoms with Crippen LogP contribution in [0.2, 0.25) is 0 Å². The number of ether oxygens (including phenoxy) is 1. The van der Waals surface area contributed by atoms with Crippen molar-refractivity contribution >= 4 is 69.1 Å². The molecule has 1 aliphatic rings. The zero-order valence-corrected chi connectivity index (χ0v) is 43.4. The van der Waals surface area contributed by atoms with E-state index in [0.29, 0.717) is 12.2 Å². The highest BCUT2D eigenvalue weighted by atomic mass is 32.2. The first-order valence-electron chi connectivity index (χ1n) is 22.9. The molecule has 3 rings (SSSR count). The van der Waals surface area contributed by atoms with E-state index in [0.717, 1.165) is 86.8 Å².